The molecule has 0 aliphatic rings. The van der Waals surface area contributed by atoms with Gasteiger partial charge in [0.25, 0.3) is 5.91 Å². The van der Waals surface area contributed by atoms with Crippen molar-refractivity contribution in [2.24, 2.45) is 0 Å². The lowest BCUT2D eigenvalue weighted by Gasteiger charge is -2.11. The Hall–Kier alpha value is -2.28. The molecule has 0 unspecified atom stereocenters. The number of carbonyl (C=O) groups excluding carboxylic acids is 2. The number of rotatable bonds is 10. The third kappa shape index (κ3) is 6.94. The molecule has 1 amide bonds. The zero-order chi connectivity index (χ0) is 16.2. The second-order valence-corrected chi connectivity index (χ2v) is 4.17. The van der Waals surface area contributed by atoms with E-state index in [1.54, 1.807) is 24.3 Å². The Morgan fingerprint density at radius 3 is 2.41 bits per heavy atom. The summed E-state index contributed by atoms with van der Waals surface area (Å²) in [6.07, 6.45) is 0. The fourth-order valence-corrected chi connectivity index (χ4v) is 1.51. The quantitative estimate of drug-likeness (QED) is 0.507. The van der Waals surface area contributed by atoms with E-state index in [0.29, 0.717) is 31.3 Å². The van der Waals surface area contributed by atoms with Crippen molar-refractivity contribution in [3.05, 3.63) is 24.3 Å². The largest absolute Gasteiger partial charge is 0.490 e. The van der Waals surface area contributed by atoms with Crippen molar-refractivity contribution >= 4 is 11.9 Å². The molecule has 1 rings (SSSR count). The van der Waals surface area contributed by atoms with Crippen LogP contribution in [0.5, 0.6) is 11.5 Å². The third-order valence-corrected chi connectivity index (χ3v) is 2.49. The summed E-state index contributed by atoms with van der Waals surface area (Å²) >= 11 is 0. The molecule has 0 aliphatic carbocycles. The van der Waals surface area contributed by atoms with Gasteiger partial charge in [0.1, 0.15) is 0 Å². The predicted octanol–water partition coefficient (Wildman–Crippen LogP) is 0.770. The molecular formula is C15H21NO6. The molecule has 0 saturated heterocycles. The van der Waals surface area contributed by atoms with E-state index in [4.69, 9.17) is 18.9 Å². The molecule has 0 aliphatic heterocycles. The van der Waals surface area contributed by atoms with Crippen molar-refractivity contribution < 1.29 is 28.5 Å². The molecule has 0 bridgehead atoms. The van der Waals surface area contributed by atoms with E-state index in [1.165, 1.54) is 7.11 Å². The van der Waals surface area contributed by atoms with Crippen LogP contribution in [0, 0.1) is 0 Å². The predicted molar refractivity (Wildman–Crippen MR) is 79.0 cm³/mol. The molecule has 1 aromatic carbocycles. The number of esters is 1. The number of methoxy groups -OCH3 is 1. The lowest BCUT2D eigenvalue weighted by molar-refractivity contribution is -0.150. The maximum absolute atomic E-state index is 11.5. The van der Waals surface area contributed by atoms with Gasteiger partial charge in [-0.05, 0) is 19.1 Å². The number of hydrogen-bond donors (Lipinski definition) is 1. The Balaban J connectivity index is 2.30. The van der Waals surface area contributed by atoms with E-state index in [0.717, 1.165) is 0 Å². The fraction of sp³-hybridized carbons (Fsp3) is 0.467. The number of nitrogens with one attached hydrogen (secondary N) is 1. The molecule has 0 heterocycles. The highest BCUT2D eigenvalue weighted by molar-refractivity contribution is 5.80. The van der Waals surface area contributed by atoms with Crippen molar-refractivity contribution in [2.45, 2.75) is 6.92 Å². The maximum atomic E-state index is 11.5. The van der Waals surface area contributed by atoms with Gasteiger partial charge in [-0.3, -0.25) is 4.79 Å². The summed E-state index contributed by atoms with van der Waals surface area (Å²) in [7, 11) is 1.53. The Morgan fingerprint density at radius 1 is 1.09 bits per heavy atom. The summed E-state index contributed by atoms with van der Waals surface area (Å²) < 4.78 is 20.3. The molecule has 0 spiro atoms. The molecule has 0 atom stereocenters. The molecule has 0 saturated carbocycles. The summed E-state index contributed by atoms with van der Waals surface area (Å²) in [6.45, 7) is 2.47. The molecule has 7 nitrogen and oxygen atoms in total. The molecule has 0 aromatic heterocycles. The molecule has 0 fully saturated rings. The highest BCUT2D eigenvalue weighted by Gasteiger charge is 2.10. The first-order valence-electron chi connectivity index (χ1n) is 6.93. The summed E-state index contributed by atoms with van der Waals surface area (Å²) in [5.41, 5.74) is 0. The average Bonchev–Trinajstić information content (AvgIpc) is 2.52. The van der Waals surface area contributed by atoms with Crippen LogP contribution in [0.1, 0.15) is 6.92 Å². The summed E-state index contributed by atoms with van der Waals surface area (Å²) in [5, 5.41) is 2.54. The summed E-state index contributed by atoms with van der Waals surface area (Å²) in [6, 6.07) is 7.01. The third-order valence-electron chi connectivity index (χ3n) is 2.49. The second-order valence-electron chi connectivity index (χ2n) is 4.17. The molecule has 1 aromatic rings. The first-order chi connectivity index (χ1) is 10.7. The van der Waals surface area contributed by atoms with Crippen LogP contribution < -0.4 is 14.8 Å². The monoisotopic (exact) mass is 311 g/mol. The normalized spacial score (nSPS) is 9.91. The Morgan fingerprint density at radius 2 is 1.77 bits per heavy atom. The van der Waals surface area contributed by atoms with Crippen molar-refractivity contribution in [2.75, 3.05) is 40.1 Å². The van der Waals surface area contributed by atoms with Crippen molar-refractivity contribution in [3.63, 3.8) is 0 Å². The van der Waals surface area contributed by atoms with Gasteiger partial charge in [-0.2, -0.15) is 0 Å². The minimum Gasteiger partial charge on any atom is -0.490 e. The van der Waals surface area contributed by atoms with E-state index in [2.05, 4.69) is 5.32 Å². The summed E-state index contributed by atoms with van der Waals surface area (Å²) in [5.74, 6) is -0.0192. The number of para-hydroxylation sites is 2. The van der Waals surface area contributed by atoms with E-state index >= 15 is 0 Å². The Labute approximate surface area is 129 Å². The lowest BCUT2D eigenvalue weighted by Crippen LogP contribution is -2.32. The van der Waals surface area contributed by atoms with Crippen LogP contribution in [0.25, 0.3) is 0 Å². The van der Waals surface area contributed by atoms with Gasteiger partial charge in [-0.25, -0.2) is 4.79 Å². The summed E-state index contributed by atoms with van der Waals surface area (Å²) in [4.78, 5) is 22.9. The van der Waals surface area contributed by atoms with E-state index in [-0.39, 0.29) is 19.1 Å². The van der Waals surface area contributed by atoms with Crippen LogP contribution in [-0.4, -0.2) is 52.0 Å². The van der Waals surface area contributed by atoms with Crippen molar-refractivity contribution in [1.29, 1.82) is 0 Å². The van der Waals surface area contributed by atoms with Crippen molar-refractivity contribution in [1.82, 2.24) is 5.32 Å². The van der Waals surface area contributed by atoms with Crippen molar-refractivity contribution in [3.8, 4) is 11.5 Å². The van der Waals surface area contributed by atoms with Gasteiger partial charge < -0.3 is 24.3 Å². The van der Waals surface area contributed by atoms with Crippen LogP contribution in [0.15, 0.2) is 24.3 Å². The van der Waals surface area contributed by atoms with E-state index in [1.807, 2.05) is 6.92 Å². The first kappa shape index (κ1) is 17.8. The van der Waals surface area contributed by atoms with Crippen LogP contribution in [-0.2, 0) is 19.1 Å². The molecular weight excluding hydrogens is 290 g/mol. The van der Waals surface area contributed by atoms with Gasteiger partial charge in [-0.15, -0.1) is 0 Å². The molecule has 7 heteroatoms. The minimum atomic E-state index is -0.631. The topological polar surface area (TPSA) is 83.1 Å². The SMILES string of the molecule is CCOc1ccccc1OCC(=O)OCC(=O)NCCOC. The molecule has 0 radical (unpaired) electrons. The molecule has 1 N–H and O–H groups in total. The lowest BCUT2D eigenvalue weighted by atomic mass is 10.3. The second kappa shape index (κ2) is 10.4. The van der Waals surface area contributed by atoms with E-state index < -0.39 is 5.97 Å². The van der Waals surface area contributed by atoms with E-state index in [9.17, 15) is 9.59 Å². The Bertz CT molecular complexity index is 477. The van der Waals surface area contributed by atoms with Crippen LogP contribution in [0.3, 0.4) is 0 Å². The zero-order valence-electron chi connectivity index (χ0n) is 12.8. The van der Waals surface area contributed by atoms with Gasteiger partial charge in [-0.1, -0.05) is 12.1 Å². The standard InChI is InChI=1S/C15H21NO6/c1-3-20-12-6-4-5-7-13(12)21-11-15(18)22-10-14(17)16-8-9-19-2/h4-7H,3,8-11H2,1-2H3,(H,16,17). The zero-order valence-corrected chi connectivity index (χ0v) is 12.8. The van der Waals surface area contributed by atoms with Gasteiger partial charge >= 0.3 is 5.97 Å². The molecule has 22 heavy (non-hydrogen) atoms. The number of ether oxygens (including phenoxy) is 4. The number of hydrogen-bond acceptors (Lipinski definition) is 6. The van der Waals surface area contributed by atoms with Gasteiger partial charge in [0, 0.05) is 13.7 Å². The Kier molecular flexibility index (Phi) is 8.44. The smallest absolute Gasteiger partial charge is 0.344 e. The van der Waals surface area contributed by atoms with Crippen LogP contribution in [0.4, 0.5) is 0 Å². The minimum absolute atomic E-state index is 0.296. The maximum Gasteiger partial charge on any atom is 0.344 e. The van der Waals surface area contributed by atoms with Crippen LogP contribution >= 0.6 is 0 Å². The number of amides is 1. The fourth-order valence-electron chi connectivity index (χ4n) is 1.51. The number of benzene rings is 1. The number of carbonyl (C=O) groups is 2. The molecule has 122 valence electrons. The van der Waals surface area contributed by atoms with Crippen LogP contribution in [0.2, 0.25) is 0 Å². The van der Waals surface area contributed by atoms with Gasteiger partial charge in [0.05, 0.1) is 13.2 Å². The van der Waals surface area contributed by atoms with Gasteiger partial charge in [0.15, 0.2) is 24.7 Å². The average molecular weight is 311 g/mol. The first-order valence-corrected chi connectivity index (χ1v) is 6.93. The highest BCUT2D eigenvalue weighted by Crippen LogP contribution is 2.26. The van der Waals surface area contributed by atoms with Gasteiger partial charge in [0.2, 0.25) is 0 Å². The highest BCUT2D eigenvalue weighted by atomic mass is 16.6.